The van der Waals surface area contributed by atoms with Gasteiger partial charge in [0.15, 0.2) is 11.5 Å². The molecule has 9 nitrogen and oxygen atoms in total. The number of aromatic nitrogens is 5. The van der Waals surface area contributed by atoms with Crippen LogP contribution in [0, 0.1) is 11.3 Å². The molecule has 1 amide bonds. The topological polar surface area (TPSA) is 115 Å². The van der Waals surface area contributed by atoms with E-state index in [2.05, 4.69) is 20.6 Å². The van der Waals surface area contributed by atoms with Crippen LogP contribution in [-0.2, 0) is 13.1 Å². The highest BCUT2D eigenvalue weighted by atomic mass is 35.5. The molecule has 4 rings (SSSR count). The van der Waals surface area contributed by atoms with E-state index in [0.717, 1.165) is 11.3 Å². The molecule has 31 heavy (non-hydrogen) atoms. The number of hydrogen-bond donors (Lipinski definition) is 1. The van der Waals surface area contributed by atoms with E-state index in [1.807, 2.05) is 29.8 Å². The van der Waals surface area contributed by atoms with Crippen molar-refractivity contribution in [3.8, 4) is 17.3 Å². The molecule has 0 spiro atoms. The largest absolute Gasteiger partial charge is 0.359 e. The molecule has 156 valence electrons. The van der Waals surface area contributed by atoms with Gasteiger partial charge in [-0.1, -0.05) is 22.8 Å². The number of hydrogen-bond acceptors (Lipinski definition) is 6. The van der Waals surface area contributed by atoms with Crippen LogP contribution >= 0.6 is 11.6 Å². The molecule has 0 aliphatic heterocycles. The molecule has 0 saturated heterocycles. The molecule has 1 N–H and O–H groups in total. The lowest BCUT2D eigenvalue weighted by atomic mass is 10.1. The van der Waals surface area contributed by atoms with E-state index in [9.17, 15) is 4.79 Å². The van der Waals surface area contributed by atoms with Gasteiger partial charge in [0.2, 0.25) is 0 Å². The Morgan fingerprint density at radius 2 is 2.19 bits per heavy atom. The van der Waals surface area contributed by atoms with E-state index in [1.165, 1.54) is 0 Å². The highest BCUT2D eigenvalue weighted by Gasteiger charge is 2.16. The second kappa shape index (κ2) is 8.85. The summed E-state index contributed by atoms with van der Waals surface area (Å²) in [7, 11) is 0. The lowest BCUT2D eigenvalue weighted by molar-refractivity contribution is 0.0926. The molecular formula is C21H18ClN7O2. The van der Waals surface area contributed by atoms with Crippen LogP contribution in [0.4, 0.5) is 0 Å². The standard InChI is InChI=1S/C21H18ClN7O2/c1-14(25-21(30)20-9-17(31-27-20)12-28-7-5-24-13-28)11-29-6-4-19(26-29)15-2-3-16(10-23)18(22)8-15/h2-9,13-14H,11-12H2,1H3,(H,25,30)/t14-/m0/s1. The number of nitriles is 1. The Morgan fingerprint density at radius 1 is 1.32 bits per heavy atom. The Bertz CT molecular complexity index is 1240. The van der Waals surface area contributed by atoms with Crippen molar-refractivity contribution < 1.29 is 9.32 Å². The van der Waals surface area contributed by atoms with Gasteiger partial charge in [0.1, 0.15) is 6.07 Å². The normalized spacial score (nSPS) is 11.8. The van der Waals surface area contributed by atoms with E-state index < -0.39 is 0 Å². The van der Waals surface area contributed by atoms with Crippen molar-refractivity contribution in [3.05, 3.63) is 77.3 Å². The summed E-state index contributed by atoms with van der Waals surface area (Å²) in [5, 5.41) is 20.6. The smallest absolute Gasteiger partial charge is 0.273 e. The van der Waals surface area contributed by atoms with Crippen LogP contribution in [0.25, 0.3) is 11.3 Å². The zero-order valence-corrected chi connectivity index (χ0v) is 17.3. The summed E-state index contributed by atoms with van der Waals surface area (Å²) < 4.78 is 8.79. The molecule has 0 aliphatic carbocycles. The van der Waals surface area contributed by atoms with Crippen LogP contribution in [0.1, 0.15) is 28.7 Å². The second-order valence-corrected chi connectivity index (χ2v) is 7.42. The van der Waals surface area contributed by atoms with Crippen molar-refractivity contribution >= 4 is 17.5 Å². The predicted molar refractivity (Wildman–Crippen MR) is 112 cm³/mol. The van der Waals surface area contributed by atoms with Crippen LogP contribution < -0.4 is 5.32 Å². The molecule has 0 unspecified atom stereocenters. The zero-order chi connectivity index (χ0) is 21.8. The summed E-state index contributed by atoms with van der Waals surface area (Å²) in [6, 6.07) is 10.5. The average Bonchev–Trinajstić information content (AvgIpc) is 3.50. The lowest BCUT2D eigenvalue weighted by Crippen LogP contribution is -2.36. The van der Waals surface area contributed by atoms with Crippen LogP contribution in [0.3, 0.4) is 0 Å². The molecule has 0 saturated carbocycles. The van der Waals surface area contributed by atoms with E-state index in [4.69, 9.17) is 21.4 Å². The number of carbonyl (C=O) groups excluding carboxylic acids is 1. The number of imidazole rings is 1. The van der Waals surface area contributed by atoms with Gasteiger partial charge in [-0.15, -0.1) is 0 Å². The van der Waals surface area contributed by atoms with Gasteiger partial charge in [0.25, 0.3) is 5.91 Å². The van der Waals surface area contributed by atoms with Gasteiger partial charge >= 0.3 is 0 Å². The van der Waals surface area contributed by atoms with Crippen LogP contribution in [-0.4, -0.2) is 36.4 Å². The SMILES string of the molecule is C[C@@H](Cn1ccc(-c2ccc(C#N)c(Cl)c2)n1)NC(=O)c1cc(Cn2ccnc2)on1. The van der Waals surface area contributed by atoms with Crippen molar-refractivity contribution in [2.45, 2.75) is 26.1 Å². The Morgan fingerprint density at radius 3 is 2.94 bits per heavy atom. The number of nitrogens with one attached hydrogen (secondary N) is 1. The van der Waals surface area contributed by atoms with Crippen molar-refractivity contribution in [2.24, 2.45) is 0 Å². The first-order valence-corrected chi connectivity index (χ1v) is 9.85. The third-order valence-corrected chi connectivity index (χ3v) is 4.87. The minimum absolute atomic E-state index is 0.196. The van der Waals surface area contributed by atoms with E-state index >= 15 is 0 Å². The predicted octanol–water partition coefficient (Wildman–Crippen LogP) is 3.13. The molecule has 0 radical (unpaired) electrons. The molecular weight excluding hydrogens is 418 g/mol. The maximum absolute atomic E-state index is 12.5. The van der Waals surface area contributed by atoms with Crippen molar-refractivity contribution in [3.63, 3.8) is 0 Å². The lowest BCUT2D eigenvalue weighted by Gasteiger charge is -2.12. The molecule has 0 bridgehead atoms. The summed E-state index contributed by atoms with van der Waals surface area (Å²) in [5.41, 5.74) is 2.18. The number of benzene rings is 1. The van der Waals surface area contributed by atoms with Crippen molar-refractivity contribution in [2.75, 3.05) is 0 Å². The molecule has 1 aromatic carbocycles. The highest BCUT2D eigenvalue weighted by molar-refractivity contribution is 6.32. The van der Waals surface area contributed by atoms with Crippen LogP contribution in [0.15, 0.2) is 59.8 Å². The van der Waals surface area contributed by atoms with Gasteiger partial charge in [-0.3, -0.25) is 9.48 Å². The fraction of sp³-hybridized carbons (Fsp3) is 0.190. The molecule has 10 heteroatoms. The molecule has 3 heterocycles. The van der Waals surface area contributed by atoms with E-state index in [0.29, 0.717) is 29.4 Å². The molecule has 0 fully saturated rings. The zero-order valence-electron chi connectivity index (χ0n) is 16.6. The summed E-state index contributed by atoms with van der Waals surface area (Å²) >= 11 is 6.10. The molecule has 1 atom stereocenters. The minimum Gasteiger partial charge on any atom is -0.359 e. The van der Waals surface area contributed by atoms with Crippen LogP contribution in [0.5, 0.6) is 0 Å². The summed E-state index contributed by atoms with van der Waals surface area (Å²) in [5.74, 6) is 0.244. The Hall–Kier alpha value is -3.90. The number of carbonyl (C=O) groups is 1. The van der Waals surface area contributed by atoms with E-state index in [-0.39, 0.29) is 17.6 Å². The summed E-state index contributed by atoms with van der Waals surface area (Å²) in [6.07, 6.45) is 6.95. The first kappa shape index (κ1) is 20.4. The van der Waals surface area contributed by atoms with Gasteiger partial charge in [-0.25, -0.2) is 4.98 Å². The number of nitrogens with zero attached hydrogens (tertiary/aromatic N) is 6. The minimum atomic E-state index is -0.320. The quantitative estimate of drug-likeness (QED) is 0.477. The monoisotopic (exact) mass is 435 g/mol. The van der Waals surface area contributed by atoms with Gasteiger partial charge < -0.3 is 14.4 Å². The number of halogens is 1. The Balaban J connectivity index is 1.35. The number of rotatable bonds is 7. The Kier molecular flexibility index (Phi) is 5.82. The fourth-order valence-corrected chi connectivity index (χ4v) is 3.28. The fourth-order valence-electron chi connectivity index (χ4n) is 3.06. The summed E-state index contributed by atoms with van der Waals surface area (Å²) in [6.45, 7) is 2.80. The Labute approximate surface area is 182 Å². The maximum Gasteiger partial charge on any atom is 0.273 e. The van der Waals surface area contributed by atoms with Gasteiger partial charge in [-0.2, -0.15) is 10.4 Å². The second-order valence-electron chi connectivity index (χ2n) is 7.02. The third-order valence-electron chi connectivity index (χ3n) is 4.55. The van der Waals surface area contributed by atoms with Gasteiger partial charge in [0.05, 0.1) is 35.7 Å². The number of amides is 1. The van der Waals surface area contributed by atoms with Crippen molar-refractivity contribution in [1.29, 1.82) is 5.26 Å². The molecule has 4 aromatic rings. The molecule has 3 aromatic heterocycles. The summed E-state index contributed by atoms with van der Waals surface area (Å²) in [4.78, 5) is 16.4. The third kappa shape index (κ3) is 4.82. The average molecular weight is 436 g/mol. The van der Waals surface area contributed by atoms with E-state index in [1.54, 1.807) is 47.7 Å². The molecule has 0 aliphatic rings. The maximum atomic E-state index is 12.5. The highest BCUT2D eigenvalue weighted by Crippen LogP contribution is 2.24. The van der Waals surface area contributed by atoms with Crippen molar-refractivity contribution in [1.82, 2.24) is 29.8 Å². The first-order valence-electron chi connectivity index (χ1n) is 9.47. The van der Waals surface area contributed by atoms with Gasteiger partial charge in [-0.05, 0) is 25.1 Å². The van der Waals surface area contributed by atoms with Crippen LogP contribution in [0.2, 0.25) is 5.02 Å². The van der Waals surface area contributed by atoms with Gasteiger partial charge in [0, 0.05) is 36.3 Å². The first-order chi connectivity index (χ1) is 15.0.